The van der Waals surface area contributed by atoms with E-state index in [1.807, 2.05) is 0 Å². The maximum Gasteiger partial charge on any atom is 0.357 e. The number of hydrogen-bond donors (Lipinski definition) is 1. The maximum absolute atomic E-state index is 12.0. The number of carbonyl (C=O) groups is 3. The van der Waals surface area contributed by atoms with Crippen LogP contribution >= 0.6 is 0 Å². The molecule has 2 aromatic rings. The Labute approximate surface area is 142 Å². The number of Topliss-reactive ketones (excluding diaryl/α,β-unsaturated/α-hetero) is 1. The molecule has 0 aliphatic carbocycles. The summed E-state index contributed by atoms with van der Waals surface area (Å²) in [5.41, 5.74) is 0.632. The molecule has 128 valence electrons. The van der Waals surface area contributed by atoms with Crippen molar-refractivity contribution in [1.82, 2.24) is 4.98 Å². The van der Waals surface area contributed by atoms with Crippen LogP contribution in [0.4, 0.5) is 5.69 Å². The molecular weight excluding hydrogens is 328 g/mol. The lowest BCUT2D eigenvalue weighted by atomic mass is 10.1. The number of esters is 1. The third kappa shape index (κ3) is 3.74. The highest BCUT2D eigenvalue weighted by Crippen LogP contribution is 2.37. The number of hydrogen-bond acceptors (Lipinski definition) is 7. The molecule has 0 saturated carbocycles. The fourth-order valence-electron chi connectivity index (χ4n) is 2.21. The van der Waals surface area contributed by atoms with Crippen LogP contribution in [0.15, 0.2) is 36.5 Å². The van der Waals surface area contributed by atoms with Gasteiger partial charge in [-0.15, -0.1) is 0 Å². The van der Waals surface area contributed by atoms with Crippen molar-refractivity contribution in [2.24, 2.45) is 0 Å². The Morgan fingerprint density at radius 3 is 2.64 bits per heavy atom. The van der Waals surface area contributed by atoms with Gasteiger partial charge in [-0.05, 0) is 25.1 Å². The number of pyridine rings is 1. The molecule has 3 rings (SSSR count). The molecule has 0 fully saturated rings. The van der Waals surface area contributed by atoms with Gasteiger partial charge in [-0.3, -0.25) is 9.59 Å². The molecule has 0 spiro atoms. The van der Waals surface area contributed by atoms with Crippen molar-refractivity contribution in [2.45, 2.75) is 6.92 Å². The summed E-state index contributed by atoms with van der Waals surface area (Å²) in [7, 11) is 0. The van der Waals surface area contributed by atoms with Crippen molar-refractivity contribution in [3.05, 3.63) is 47.8 Å². The fraction of sp³-hybridized carbons (Fsp3) is 0.176. The quantitative estimate of drug-likeness (QED) is 0.653. The monoisotopic (exact) mass is 342 g/mol. The molecule has 1 N–H and O–H groups in total. The van der Waals surface area contributed by atoms with Crippen molar-refractivity contribution in [2.75, 3.05) is 18.7 Å². The number of ketones is 1. The number of rotatable bonds is 5. The van der Waals surface area contributed by atoms with Crippen LogP contribution in [0.1, 0.15) is 27.8 Å². The van der Waals surface area contributed by atoms with E-state index in [1.54, 1.807) is 12.1 Å². The standard InChI is InChI=1S/C17H14N2O6/c1-10(20)11-6-14-15(25-9-24-14)7-13(11)19-16(21)8-23-17(22)12-4-2-3-5-18-12/h2-7H,8-9H2,1H3,(H,19,21). The summed E-state index contributed by atoms with van der Waals surface area (Å²) in [4.78, 5) is 39.4. The van der Waals surface area contributed by atoms with Crippen LogP contribution in [0, 0.1) is 0 Å². The highest BCUT2D eigenvalue weighted by molar-refractivity contribution is 6.05. The predicted octanol–water partition coefficient (Wildman–Crippen LogP) is 1.81. The van der Waals surface area contributed by atoms with Gasteiger partial charge in [-0.2, -0.15) is 0 Å². The Bertz CT molecular complexity index is 835. The third-order valence-corrected chi connectivity index (χ3v) is 3.37. The zero-order valence-corrected chi connectivity index (χ0v) is 13.3. The van der Waals surface area contributed by atoms with Gasteiger partial charge in [0.15, 0.2) is 23.9 Å². The molecule has 0 radical (unpaired) electrons. The Kier molecular flexibility index (Phi) is 4.60. The second-order valence-corrected chi connectivity index (χ2v) is 5.15. The number of aromatic nitrogens is 1. The van der Waals surface area contributed by atoms with Crippen LogP contribution in [0.3, 0.4) is 0 Å². The summed E-state index contributed by atoms with van der Waals surface area (Å²) in [6.07, 6.45) is 1.45. The first kappa shape index (κ1) is 16.4. The van der Waals surface area contributed by atoms with Crippen LogP contribution in [0.25, 0.3) is 0 Å². The fourth-order valence-corrected chi connectivity index (χ4v) is 2.21. The minimum absolute atomic E-state index is 0.0474. The van der Waals surface area contributed by atoms with Gasteiger partial charge in [0.1, 0.15) is 5.69 Å². The van der Waals surface area contributed by atoms with E-state index < -0.39 is 18.5 Å². The normalized spacial score (nSPS) is 11.7. The first-order valence-electron chi connectivity index (χ1n) is 7.37. The van der Waals surface area contributed by atoms with Gasteiger partial charge in [0.25, 0.3) is 5.91 Å². The van der Waals surface area contributed by atoms with Crippen molar-refractivity contribution < 1.29 is 28.6 Å². The molecule has 8 heteroatoms. The molecule has 0 atom stereocenters. The predicted molar refractivity (Wildman–Crippen MR) is 85.7 cm³/mol. The summed E-state index contributed by atoms with van der Waals surface area (Å²) in [6, 6.07) is 7.77. The largest absolute Gasteiger partial charge is 0.454 e. The maximum atomic E-state index is 12.0. The summed E-state index contributed by atoms with van der Waals surface area (Å²) in [6.45, 7) is 0.904. The number of anilines is 1. The van der Waals surface area contributed by atoms with Crippen molar-refractivity contribution in [3.63, 3.8) is 0 Å². The van der Waals surface area contributed by atoms with Crippen molar-refractivity contribution in [3.8, 4) is 11.5 Å². The lowest BCUT2D eigenvalue weighted by molar-refractivity contribution is -0.119. The van der Waals surface area contributed by atoms with Gasteiger partial charge >= 0.3 is 5.97 Å². The average Bonchev–Trinajstić information content (AvgIpc) is 3.07. The minimum Gasteiger partial charge on any atom is -0.454 e. The minimum atomic E-state index is -0.715. The molecule has 0 bridgehead atoms. The number of fused-ring (bicyclic) bond motifs is 1. The van der Waals surface area contributed by atoms with Crippen LogP contribution < -0.4 is 14.8 Å². The number of nitrogens with one attached hydrogen (secondary N) is 1. The SMILES string of the molecule is CC(=O)c1cc2c(cc1NC(=O)COC(=O)c1ccccn1)OCO2. The summed E-state index contributed by atoms with van der Waals surface area (Å²) in [5, 5.41) is 2.54. The van der Waals surface area contributed by atoms with E-state index in [-0.39, 0.29) is 29.5 Å². The third-order valence-electron chi connectivity index (χ3n) is 3.37. The van der Waals surface area contributed by atoms with Crippen LogP contribution in [0.5, 0.6) is 11.5 Å². The van der Waals surface area contributed by atoms with E-state index in [2.05, 4.69) is 10.3 Å². The Morgan fingerprint density at radius 1 is 1.20 bits per heavy atom. The van der Waals surface area contributed by atoms with E-state index in [4.69, 9.17) is 14.2 Å². The number of benzene rings is 1. The molecule has 25 heavy (non-hydrogen) atoms. The van der Waals surface area contributed by atoms with Gasteiger partial charge in [0, 0.05) is 17.8 Å². The molecule has 1 aromatic carbocycles. The molecular formula is C17H14N2O6. The number of carbonyl (C=O) groups excluding carboxylic acids is 3. The lowest BCUT2D eigenvalue weighted by Crippen LogP contribution is -2.22. The highest BCUT2D eigenvalue weighted by Gasteiger charge is 2.21. The average molecular weight is 342 g/mol. The van der Waals surface area contributed by atoms with E-state index in [0.717, 1.165) is 0 Å². The van der Waals surface area contributed by atoms with Crippen LogP contribution in [0.2, 0.25) is 0 Å². The molecule has 1 aliphatic rings. The van der Waals surface area contributed by atoms with Gasteiger partial charge in [-0.25, -0.2) is 9.78 Å². The first-order chi connectivity index (χ1) is 12.0. The van der Waals surface area contributed by atoms with Crippen LogP contribution in [-0.2, 0) is 9.53 Å². The van der Waals surface area contributed by atoms with Gasteiger partial charge in [-0.1, -0.05) is 6.07 Å². The van der Waals surface area contributed by atoms with Gasteiger partial charge < -0.3 is 19.5 Å². The Morgan fingerprint density at radius 2 is 1.96 bits per heavy atom. The number of amides is 1. The topological polar surface area (TPSA) is 104 Å². The van der Waals surface area contributed by atoms with Gasteiger partial charge in [0.05, 0.1) is 5.69 Å². The molecule has 0 unspecified atom stereocenters. The zero-order chi connectivity index (χ0) is 17.8. The van der Waals surface area contributed by atoms with Crippen molar-refractivity contribution in [1.29, 1.82) is 0 Å². The van der Waals surface area contributed by atoms with E-state index in [0.29, 0.717) is 11.5 Å². The lowest BCUT2D eigenvalue weighted by Gasteiger charge is -2.11. The van der Waals surface area contributed by atoms with Crippen LogP contribution in [-0.4, -0.2) is 36.0 Å². The molecule has 1 amide bonds. The Balaban J connectivity index is 1.67. The summed E-state index contributed by atoms with van der Waals surface area (Å²) in [5.74, 6) is -0.700. The molecule has 8 nitrogen and oxygen atoms in total. The smallest absolute Gasteiger partial charge is 0.357 e. The van der Waals surface area contributed by atoms with E-state index in [1.165, 1.54) is 31.3 Å². The summed E-state index contributed by atoms with van der Waals surface area (Å²) < 4.78 is 15.3. The molecule has 0 saturated heterocycles. The van der Waals surface area contributed by atoms with Gasteiger partial charge in [0.2, 0.25) is 6.79 Å². The van der Waals surface area contributed by atoms with Crippen molar-refractivity contribution >= 4 is 23.3 Å². The zero-order valence-electron chi connectivity index (χ0n) is 13.3. The molecule has 2 heterocycles. The van der Waals surface area contributed by atoms with E-state index in [9.17, 15) is 14.4 Å². The molecule has 1 aromatic heterocycles. The first-order valence-corrected chi connectivity index (χ1v) is 7.37. The molecule has 1 aliphatic heterocycles. The summed E-state index contributed by atoms with van der Waals surface area (Å²) >= 11 is 0. The second-order valence-electron chi connectivity index (χ2n) is 5.15. The number of nitrogens with zero attached hydrogens (tertiary/aromatic N) is 1. The number of ether oxygens (including phenoxy) is 3. The second kappa shape index (κ2) is 7.00. The highest BCUT2D eigenvalue weighted by atomic mass is 16.7. The van der Waals surface area contributed by atoms with E-state index >= 15 is 0 Å². The Hall–Kier alpha value is -3.42.